The molecule has 3 heterocycles. The number of nitrogens with zero attached hydrogens (tertiary/aromatic N) is 3. The molecule has 1 spiro atoms. The second kappa shape index (κ2) is 14.2. The first-order chi connectivity index (χ1) is 22.5. The number of anilines is 1. The third-order valence-electron chi connectivity index (χ3n) is 10.9. The van der Waals surface area contributed by atoms with E-state index in [1.54, 1.807) is 33.7 Å². The maximum Gasteiger partial charge on any atom is 0.247 e. The summed E-state index contributed by atoms with van der Waals surface area (Å²) >= 11 is 1.67. The van der Waals surface area contributed by atoms with E-state index in [9.17, 15) is 9.90 Å². The first-order valence-corrected chi connectivity index (χ1v) is 18.5. The minimum Gasteiger partial charge on any atom is -0.494 e. The van der Waals surface area contributed by atoms with Gasteiger partial charge in [0.1, 0.15) is 11.8 Å². The van der Waals surface area contributed by atoms with Crippen LogP contribution in [0.15, 0.2) is 49.6 Å². The van der Waals surface area contributed by atoms with E-state index in [2.05, 4.69) is 54.7 Å². The molecule has 8 nitrogen and oxygen atoms in total. The van der Waals surface area contributed by atoms with Gasteiger partial charge in [0.25, 0.3) is 0 Å². The predicted octanol–water partition coefficient (Wildman–Crippen LogP) is 6.72. The zero-order chi connectivity index (χ0) is 35.8. The summed E-state index contributed by atoms with van der Waals surface area (Å²) in [7, 11) is 0. The van der Waals surface area contributed by atoms with Gasteiger partial charge in [0.15, 0.2) is 0 Å². The number of amides is 3. The van der Waals surface area contributed by atoms with E-state index in [0.717, 1.165) is 18.6 Å². The number of hydrogen-bond acceptors (Lipinski definition) is 6. The molecular weight excluding hydrogens is 623 g/mol. The number of ether oxygens (including phenoxy) is 1. The quantitative estimate of drug-likeness (QED) is 0.207. The molecule has 0 saturated carbocycles. The number of aliphatic hydroxyl groups excluding tert-OH is 1. The fraction of sp³-hybridized carbons (Fsp3) is 0.667. The minimum absolute atomic E-state index is 0.0482. The van der Waals surface area contributed by atoms with Gasteiger partial charge in [-0.1, -0.05) is 53.2 Å². The second-order valence-corrected chi connectivity index (χ2v) is 18.0. The maximum atomic E-state index is 15.3. The molecule has 0 aliphatic carbocycles. The molecule has 2 bridgehead atoms. The topological polar surface area (TPSA) is 90.4 Å². The van der Waals surface area contributed by atoms with Crippen LogP contribution >= 0.6 is 11.8 Å². The Hall–Kier alpha value is -2.78. The van der Waals surface area contributed by atoms with Gasteiger partial charge in [-0.25, -0.2) is 0 Å². The van der Waals surface area contributed by atoms with Crippen molar-refractivity contribution in [3.05, 3.63) is 49.6 Å². The number of carbonyl (C=O) groups is 3. The molecule has 3 fully saturated rings. The summed E-state index contributed by atoms with van der Waals surface area (Å²) in [6.45, 7) is 27.6. The van der Waals surface area contributed by atoms with E-state index >= 15 is 9.59 Å². The van der Waals surface area contributed by atoms with E-state index in [0.29, 0.717) is 31.7 Å². The lowest BCUT2D eigenvalue weighted by molar-refractivity contribution is -0.150. The number of rotatable bonds is 15. The Morgan fingerprint density at radius 2 is 1.71 bits per heavy atom. The molecule has 2 unspecified atom stereocenters. The van der Waals surface area contributed by atoms with Crippen LogP contribution in [0.1, 0.15) is 88.0 Å². The number of carbonyl (C=O) groups excluding carboxylic acids is 3. The van der Waals surface area contributed by atoms with Crippen molar-refractivity contribution in [3.8, 4) is 5.75 Å². The highest BCUT2D eigenvalue weighted by Gasteiger charge is 2.78. The monoisotopic (exact) mass is 681 g/mol. The highest BCUT2D eigenvalue weighted by molar-refractivity contribution is 8.02. The van der Waals surface area contributed by atoms with Gasteiger partial charge in [-0.15, -0.1) is 24.9 Å². The van der Waals surface area contributed by atoms with Crippen LogP contribution in [0.25, 0.3) is 0 Å². The van der Waals surface area contributed by atoms with Crippen molar-refractivity contribution in [2.45, 2.75) is 115 Å². The number of aliphatic hydroxyl groups is 1. The van der Waals surface area contributed by atoms with E-state index in [1.165, 1.54) is 0 Å². The Balaban J connectivity index is 1.86. The van der Waals surface area contributed by atoms with E-state index in [4.69, 9.17) is 4.74 Å². The maximum absolute atomic E-state index is 15.3. The molecule has 4 rings (SSSR count). The Labute approximate surface area is 293 Å². The van der Waals surface area contributed by atoms with Crippen LogP contribution in [0.3, 0.4) is 0 Å². The summed E-state index contributed by atoms with van der Waals surface area (Å²) in [4.78, 5) is 50.6. The average molecular weight is 682 g/mol. The van der Waals surface area contributed by atoms with Crippen molar-refractivity contribution in [2.75, 3.05) is 31.2 Å². The highest BCUT2D eigenvalue weighted by Crippen LogP contribution is 2.72. The van der Waals surface area contributed by atoms with Crippen LogP contribution in [-0.2, 0) is 14.4 Å². The molecule has 1 aromatic carbocycles. The molecule has 48 heavy (non-hydrogen) atoms. The molecule has 1 aromatic rings. The van der Waals surface area contributed by atoms with E-state index in [1.807, 2.05) is 49.9 Å². The molecule has 7 atom stereocenters. The zero-order valence-corrected chi connectivity index (χ0v) is 31.6. The van der Waals surface area contributed by atoms with Gasteiger partial charge >= 0.3 is 0 Å². The summed E-state index contributed by atoms with van der Waals surface area (Å²) < 4.78 is 4.30. The number of benzene rings is 1. The van der Waals surface area contributed by atoms with Gasteiger partial charge in [0.2, 0.25) is 17.7 Å². The molecule has 9 heteroatoms. The van der Waals surface area contributed by atoms with Gasteiger partial charge in [-0.05, 0) is 82.6 Å². The predicted molar refractivity (Wildman–Crippen MR) is 196 cm³/mol. The fourth-order valence-corrected chi connectivity index (χ4v) is 11.3. The lowest BCUT2D eigenvalue weighted by atomic mass is 9.66. The second-order valence-electron chi connectivity index (χ2n) is 16.1. The first kappa shape index (κ1) is 38.0. The fourth-order valence-electron chi connectivity index (χ4n) is 9.00. The van der Waals surface area contributed by atoms with Crippen LogP contribution in [0.2, 0.25) is 0 Å². The highest BCUT2D eigenvalue weighted by atomic mass is 32.2. The largest absolute Gasteiger partial charge is 0.494 e. The van der Waals surface area contributed by atoms with Crippen molar-refractivity contribution in [2.24, 2.45) is 23.2 Å². The molecule has 1 N–H and O–H groups in total. The molecular formula is C39H59N3O5S. The summed E-state index contributed by atoms with van der Waals surface area (Å²) in [5.41, 5.74) is 0.116. The molecule has 3 aliphatic heterocycles. The zero-order valence-electron chi connectivity index (χ0n) is 30.8. The van der Waals surface area contributed by atoms with Crippen LogP contribution in [0, 0.1) is 23.2 Å². The summed E-state index contributed by atoms with van der Waals surface area (Å²) in [6.07, 6.45) is 6.30. The lowest BCUT2D eigenvalue weighted by Gasteiger charge is -2.47. The smallest absolute Gasteiger partial charge is 0.247 e. The Morgan fingerprint density at radius 3 is 2.23 bits per heavy atom. The first-order valence-electron chi connectivity index (χ1n) is 17.7. The molecule has 0 radical (unpaired) electrons. The lowest BCUT2D eigenvalue weighted by Crippen LogP contribution is -2.62. The summed E-state index contributed by atoms with van der Waals surface area (Å²) in [6, 6.07) is 6.08. The van der Waals surface area contributed by atoms with E-state index < -0.39 is 39.0 Å². The number of thioether (sulfide) groups is 1. The Kier molecular flexibility index (Phi) is 11.3. The van der Waals surface area contributed by atoms with Crippen molar-refractivity contribution in [1.82, 2.24) is 9.80 Å². The third kappa shape index (κ3) is 6.70. The van der Waals surface area contributed by atoms with Gasteiger partial charge in [-0.3, -0.25) is 14.4 Å². The minimum atomic E-state index is -0.816. The average Bonchev–Trinajstić information content (AvgIpc) is 3.58. The van der Waals surface area contributed by atoms with Gasteiger partial charge < -0.3 is 24.5 Å². The number of hydrogen-bond donors (Lipinski definition) is 1. The van der Waals surface area contributed by atoms with Crippen molar-refractivity contribution in [1.29, 1.82) is 0 Å². The van der Waals surface area contributed by atoms with Crippen molar-refractivity contribution in [3.63, 3.8) is 0 Å². The third-order valence-corrected chi connectivity index (χ3v) is 12.9. The Morgan fingerprint density at radius 1 is 1.08 bits per heavy atom. The normalized spacial score (nSPS) is 27.8. The SMILES string of the molecule is C=CCN(C(=O)[C@@H]1[C@H]2C(=O)N([C@@H](CO)[C@@H](C)CC)C(C(=O)N(CC=C)C(C)(C)CC(C)(C)C)C23CC[C@@]1(C)S3)c1ccc(OCC)cc1. The van der Waals surface area contributed by atoms with Gasteiger partial charge in [0, 0.05) is 29.1 Å². The van der Waals surface area contributed by atoms with Crippen molar-refractivity contribution >= 4 is 35.2 Å². The molecule has 3 amide bonds. The van der Waals surface area contributed by atoms with Gasteiger partial charge in [0.05, 0.1) is 35.8 Å². The van der Waals surface area contributed by atoms with Crippen LogP contribution < -0.4 is 9.64 Å². The van der Waals surface area contributed by atoms with Crippen LogP contribution in [0.4, 0.5) is 5.69 Å². The van der Waals surface area contributed by atoms with Crippen molar-refractivity contribution < 1.29 is 24.2 Å². The van der Waals surface area contributed by atoms with Crippen LogP contribution in [-0.4, -0.2) is 86.0 Å². The molecule has 3 saturated heterocycles. The van der Waals surface area contributed by atoms with Gasteiger partial charge in [-0.2, -0.15) is 0 Å². The van der Waals surface area contributed by atoms with E-state index in [-0.39, 0.29) is 42.2 Å². The Bertz CT molecular complexity index is 1370. The molecule has 3 aliphatic rings. The van der Waals surface area contributed by atoms with Crippen LogP contribution in [0.5, 0.6) is 5.75 Å². The molecule has 266 valence electrons. The number of fused-ring (bicyclic) bond motifs is 1. The standard InChI is InChI=1S/C39H59N3O5S/c1-12-22-40(27-16-18-28(19-17-27)47-15-4)33(44)30-31-34(45)42(29(24-43)26(5)14-3)32(39(31)21-20-38(30,11)48-39)35(46)41(23-13-2)37(9,10)25-36(6,7)8/h12-13,16-19,26,29-32,43H,1-2,14-15,20-25H2,3-11H3/t26-,29-,30-,31-,32?,38+,39?/m0/s1. The number of likely N-dealkylation sites (tertiary alicyclic amines) is 1. The summed E-state index contributed by atoms with van der Waals surface area (Å²) in [5.74, 6) is -1.14. The summed E-state index contributed by atoms with van der Waals surface area (Å²) in [5, 5.41) is 10.8. The molecule has 0 aromatic heterocycles.